The second kappa shape index (κ2) is 9.09. The SMILES string of the molecule is CCCCOC(=O)Cc1ccccc1CNCC(=O)O. The summed E-state index contributed by atoms with van der Waals surface area (Å²) in [7, 11) is 0. The van der Waals surface area contributed by atoms with E-state index in [-0.39, 0.29) is 18.9 Å². The van der Waals surface area contributed by atoms with E-state index >= 15 is 0 Å². The van der Waals surface area contributed by atoms with Gasteiger partial charge in [-0.05, 0) is 17.5 Å². The van der Waals surface area contributed by atoms with Crippen LogP contribution < -0.4 is 5.32 Å². The normalized spacial score (nSPS) is 10.2. The Hall–Kier alpha value is -1.88. The molecule has 0 atom stereocenters. The molecule has 0 radical (unpaired) electrons. The van der Waals surface area contributed by atoms with Gasteiger partial charge in [-0.2, -0.15) is 0 Å². The van der Waals surface area contributed by atoms with Crippen molar-refractivity contribution in [3.05, 3.63) is 35.4 Å². The molecule has 0 heterocycles. The number of carboxylic acid groups (broad SMARTS) is 1. The van der Waals surface area contributed by atoms with E-state index in [1.54, 1.807) is 0 Å². The predicted molar refractivity (Wildman–Crippen MR) is 75.4 cm³/mol. The minimum absolute atomic E-state index is 0.102. The molecule has 0 aliphatic heterocycles. The molecular weight excluding hydrogens is 258 g/mol. The molecule has 0 bridgehead atoms. The van der Waals surface area contributed by atoms with Crippen molar-refractivity contribution in [3.8, 4) is 0 Å². The molecule has 1 rings (SSSR count). The Morgan fingerprint density at radius 1 is 1.25 bits per heavy atom. The van der Waals surface area contributed by atoms with Gasteiger partial charge in [0, 0.05) is 6.54 Å². The third-order valence-electron chi connectivity index (χ3n) is 2.81. The van der Waals surface area contributed by atoms with Crippen LogP contribution >= 0.6 is 0 Å². The van der Waals surface area contributed by atoms with Crippen LogP contribution in [-0.4, -0.2) is 30.2 Å². The monoisotopic (exact) mass is 279 g/mol. The third kappa shape index (κ3) is 6.33. The Balaban J connectivity index is 2.51. The van der Waals surface area contributed by atoms with Crippen molar-refractivity contribution in [2.24, 2.45) is 0 Å². The highest BCUT2D eigenvalue weighted by Crippen LogP contribution is 2.10. The highest BCUT2D eigenvalue weighted by Gasteiger charge is 2.09. The molecule has 110 valence electrons. The van der Waals surface area contributed by atoms with Gasteiger partial charge in [0.15, 0.2) is 0 Å². The molecule has 0 aromatic heterocycles. The molecule has 1 aromatic carbocycles. The van der Waals surface area contributed by atoms with Crippen molar-refractivity contribution in [2.75, 3.05) is 13.2 Å². The minimum atomic E-state index is -0.901. The molecule has 5 nitrogen and oxygen atoms in total. The van der Waals surface area contributed by atoms with Crippen LogP contribution in [0.1, 0.15) is 30.9 Å². The Morgan fingerprint density at radius 2 is 1.95 bits per heavy atom. The molecule has 0 aliphatic carbocycles. The number of carboxylic acids is 1. The van der Waals surface area contributed by atoms with Gasteiger partial charge in [-0.1, -0.05) is 37.6 Å². The van der Waals surface area contributed by atoms with Crippen molar-refractivity contribution < 1.29 is 19.4 Å². The quantitative estimate of drug-likeness (QED) is 0.532. The summed E-state index contributed by atoms with van der Waals surface area (Å²) in [4.78, 5) is 22.1. The van der Waals surface area contributed by atoms with Crippen molar-refractivity contribution in [1.82, 2.24) is 5.32 Å². The van der Waals surface area contributed by atoms with E-state index in [0.717, 1.165) is 24.0 Å². The molecule has 2 N–H and O–H groups in total. The summed E-state index contributed by atoms with van der Waals surface area (Å²) in [5.41, 5.74) is 1.79. The summed E-state index contributed by atoms with van der Waals surface area (Å²) in [6.45, 7) is 2.81. The number of aliphatic carboxylic acids is 1. The average molecular weight is 279 g/mol. The average Bonchev–Trinajstić information content (AvgIpc) is 2.40. The Morgan fingerprint density at radius 3 is 2.60 bits per heavy atom. The van der Waals surface area contributed by atoms with E-state index in [2.05, 4.69) is 5.32 Å². The molecule has 5 heteroatoms. The summed E-state index contributed by atoms with van der Waals surface area (Å²) in [5, 5.41) is 11.4. The molecule has 20 heavy (non-hydrogen) atoms. The maximum atomic E-state index is 11.7. The number of benzene rings is 1. The molecular formula is C15H21NO4. The number of nitrogens with one attached hydrogen (secondary N) is 1. The van der Waals surface area contributed by atoms with Crippen LogP contribution in [0.4, 0.5) is 0 Å². The number of unbranched alkanes of at least 4 members (excludes halogenated alkanes) is 1. The van der Waals surface area contributed by atoms with Crippen LogP contribution in [0.2, 0.25) is 0 Å². The highest BCUT2D eigenvalue weighted by molar-refractivity contribution is 5.73. The third-order valence-corrected chi connectivity index (χ3v) is 2.81. The smallest absolute Gasteiger partial charge is 0.317 e. The number of hydrogen-bond donors (Lipinski definition) is 2. The summed E-state index contributed by atoms with van der Waals surface area (Å²) < 4.78 is 5.13. The zero-order valence-corrected chi connectivity index (χ0v) is 11.7. The zero-order valence-electron chi connectivity index (χ0n) is 11.7. The first-order valence-electron chi connectivity index (χ1n) is 6.78. The van der Waals surface area contributed by atoms with Gasteiger partial charge in [0.05, 0.1) is 19.6 Å². The second-order valence-electron chi connectivity index (χ2n) is 4.52. The number of carbonyl (C=O) groups excluding carboxylic acids is 1. The molecule has 0 unspecified atom stereocenters. The topological polar surface area (TPSA) is 75.6 Å². The first kappa shape index (κ1) is 16.2. The number of ether oxygens (including phenoxy) is 1. The molecule has 0 saturated heterocycles. The van der Waals surface area contributed by atoms with Crippen LogP contribution in [0, 0.1) is 0 Å². The fourth-order valence-electron chi connectivity index (χ4n) is 1.74. The van der Waals surface area contributed by atoms with Gasteiger partial charge in [0.2, 0.25) is 0 Å². The summed E-state index contributed by atoms with van der Waals surface area (Å²) >= 11 is 0. The fraction of sp³-hybridized carbons (Fsp3) is 0.467. The standard InChI is InChI=1S/C15H21NO4/c1-2-3-8-20-15(19)9-12-6-4-5-7-13(12)10-16-11-14(17)18/h4-7,16H,2-3,8-11H2,1H3,(H,17,18). The van der Waals surface area contributed by atoms with Gasteiger partial charge in [-0.25, -0.2) is 0 Å². The maximum absolute atomic E-state index is 11.7. The van der Waals surface area contributed by atoms with E-state index in [9.17, 15) is 9.59 Å². The summed E-state index contributed by atoms with van der Waals surface area (Å²) in [6, 6.07) is 7.46. The lowest BCUT2D eigenvalue weighted by molar-refractivity contribution is -0.143. The number of carbonyl (C=O) groups is 2. The Kier molecular flexibility index (Phi) is 7.35. The minimum Gasteiger partial charge on any atom is -0.480 e. The highest BCUT2D eigenvalue weighted by atomic mass is 16.5. The molecule has 0 amide bonds. The predicted octanol–water partition coefficient (Wildman–Crippen LogP) is 1.75. The van der Waals surface area contributed by atoms with E-state index in [0.29, 0.717) is 13.2 Å². The second-order valence-corrected chi connectivity index (χ2v) is 4.52. The van der Waals surface area contributed by atoms with Gasteiger partial charge in [-0.3, -0.25) is 9.59 Å². The van der Waals surface area contributed by atoms with Gasteiger partial charge >= 0.3 is 11.9 Å². The van der Waals surface area contributed by atoms with Gasteiger partial charge < -0.3 is 15.2 Å². The van der Waals surface area contributed by atoms with E-state index < -0.39 is 5.97 Å². The lowest BCUT2D eigenvalue weighted by Gasteiger charge is -2.10. The summed E-state index contributed by atoms with van der Waals surface area (Å²) in [6.07, 6.45) is 2.07. The van der Waals surface area contributed by atoms with Gasteiger partial charge in [-0.15, -0.1) is 0 Å². The Labute approximate surface area is 118 Å². The fourth-order valence-corrected chi connectivity index (χ4v) is 1.74. The van der Waals surface area contributed by atoms with Crippen LogP contribution in [-0.2, 0) is 27.3 Å². The van der Waals surface area contributed by atoms with Crippen LogP contribution in [0.3, 0.4) is 0 Å². The van der Waals surface area contributed by atoms with E-state index in [4.69, 9.17) is 9.84 Å². The first-order chi connectivity index (χ1) is 9.63. The van der Waals surface area contributed by atoms with Gasteiger partial charge in [0.25, 0.3) is 0 Å². The largest absolute Gasteiger partial charge is 0.480 e. The van der Waals surface area contributed by atoms with E-state index in [1.807, 2.05) is 31.2 Å². The van der Waals surface area contributed by atoms with Crippen molar-refractivity contribution in [1.29, 1.82) is 0 Å². The van der Waals surface area contributed by atoms with Crippen molar-refractivity contribution in [2.45, 2.75) is 32.7 Å². The molecule has 0 aliphatic rings. The van der Waals surface area contributed by atoms with Crippen molar-refractivity contribution >= 4 is 11.9 Å². The number of hydrogen-bond acceptors (Lipinski definition) is 4. The van der Waals surface area contributed by atoms with E-state index in [1.165, 1.54) is 0 Å². The first-order valence-corrected chi connectivity index (χ1v) is 6.78. The van der Waals surface area contributed by atoms with Crippen LogP contribution in [0.25, 0.3) is 0 Å². The maximum Gasteiger partial charge on any atom is 0.317 e. The van der Waals surface area contributed by atoms with Gasteiger partial charge in [0.1, 0.15) is 0 Å². The lowest BCUT2D eigenvalue weighted by atomic mass is 10.0. The molecule has 0 spiro atoms. The molecule has 0 fully saturated rings. The Bertz CT molecular complexity index is 445. The molecule has 0 saturated carbocycles. The van der Waals surface area contributed by atoms with Crippen molar-refractivity contribution in [3.63, 3.8) is 0 Å². The van der Waals surface area contributed by atoms with Crippen LogP contribution in [0.5, 0.6) is 0 Å². The number of rotatable bonds is 9. The lowest BCUT2D eigenvalue weighted by Crippen LogP contribution is -2.22. The van der Waals surface area contributed by atoms with Crippen LogP contribution in [0.15, 0.2) is 24.3 Å². The number of esters is 1. The summed E-state index contributed by atoms with van der Waals surface area (Å²) in [5.74, 6) is -1.15. The zero-order chi connectivity index (χ0) is 14.8. The molecule has 1 aromatic rings.